The molecule has 0 bridgehead atoms. The molecule has 0 unspecified atom stereocenters. The summed E-state index contributed by atoms with van der Waals surface area (Å²) in [6.45, 7) is -0.637. The lowest BCUT2D eigenvalue weighted by atomic mass is 9.83. The van der Waals surface area contributed by atoms with E-state index in [1.807, 2.05) is 0 Å². The molecule has 9 nitrogen and oxygen atoms in total. The van der Waals surface area contributed by atoms with Crippen LogP contribution in [-0.2, 0) is 4.74 Å². The Bertz CT molecular complexity index is 986. The summed E-state index contributed by atoms with van der Waals surface area (Å²) in [6.07, 6.45) is -7.65. The number of ketones is 2. The minimum Gasteiger partial charge on any atom is -0.504 e. The van der Waals surface area contributed by atoms with Crippen LogP contribution in [-0.4, -0.2) is 74.4 Å². The van der Waals surface area contributed by atoms with E-state index in [0.717, 1.165) is 0 Å². The van der Waals surface area contributed by atoms with E-state index in [0.29, 0.717) is 0 Å². The number of aliphatic hydroxyl groups is 4. The summed E-state index contributed by atoms with van der Waals surface area (Å²) in [5.41, 5.74) is 0.114. The van der Waals surface area contributed by atoms with Crippen molar-refractivity contribution in [1.82, 2.24) is 0 Å². The van der Waals surface area contributed by atoms with Gasteiger partial charge in [-0.3, -0.25) is 9.59 Å². The summed E-state index contributed by atoms with van der Waals surface area (Å²) in [5.74, 6) is -1.92. The van der Waals surface area contributed by atoms with E-state index in [9.17, 15) is 30.0 Å². The largest absolute Gasteiger partial charge is 0.504 e. The molecular formula is C20H18O9. The molecule has 1 aliphatic carbocycles. The first-order valence-electron chi connectivity index (χ1n) is 8.86. The molecule has 29 heavy (non-hydrogen) atoms. The Hall–Kier alpha value is -2.82. The number of carbonyl (C=O) groups is 2. The zero-order valence-electron chi connectivity index (χ0n) is 14.9. The third-order valence-electron chi connectivity index (χ3n) is 5.13. The Morgan fingerprint density at radius 3 is 2.21 bits per heavy atom. The zero-order valence-corrected chi connectivity index (χ0v) is 14.9. The van der Waals surface area contributed by atoms with Crippen molar-refractivity contribution in [3.05, 3.63) is 58.7 Å². The quantitative estimate of drug-likeness (QED) is 0.384. The Balaban J connectivity index is 1.70. The van der Waals surface area contributed by atoms with E-state index in [1.54, 1.807) is 12.1 Å². The molecule has 5 atom stereocenters. The molecule has 1 fully saturated rings. The maximum atomic E-state index is 12.8. The number of rotatable bonds is 3. The summed E-state index contributed by atoms with van der Waals surface area (Å²) >= 11 is 0. The van der Waals surface area contributed by atoms with Crippen molar-refractivity contribution in [2.75, 3.05) is 6.61 Å². The zero-order chi connectivity index (χ0) is 20.9. The van der Waals surface area contributed by atoms with Crippen LogP contribution in [0, 0.1) is 0 Å². The molecule has 0 aromatic heterocycles. The highest BCUT2D eigenvalue weighted by atomic mass is 16.7. The van der Waals surface area contributed by atoms with Crippen LogP contribution >= 0.6 is 0 Å². The smallest absolute Gasteiger partial charge is 0.198 e. The molecule has 0 amide bonds. The van der Waals surface area contributed by atoms with Crippen molar-refractivity contribution in [3.63, 3.8) is 0 Å². The Morgan fingerprint density at radius 1 is 0.897 bits per heavy atom. The van der Waals surface area contributed by atoms with E-state index in [1.165, 1.54) is 24.3 Å². The number of aromatic hydroxyl groups is 1. The second-order valence-corrected chi connectivity index (χ2v) is 6.85. The molecule has 1 aliphatic heterocycles. The van der Waals surface area contributed by atoms with Crippen LogP contribution in [0.4, 0.5) is 0 Å². The maximum Gasteiger partial charge on any atom is 0.198 e. The van der Waals surface area contributed by atoms with Gasteiger partial charge >= 0.3 is 0 Å². The van der Waals surface area contributed by atoms with Gasteiger partial charge in [0.15, 0.2) is 35.5 Å². The van der Waals surface area contributed by atoms with Gasteiger partial charge in [0.1, 0.15) is 18.3 Å². The van der Waals surface area contributed by atoms with Crippen LogP contribution in [0.3, 0.4) is 0 Å². The molecule has 0 saturated carbocycles. The van der Waals surface area contributed by atoms with Crippen LogP contribution < -0.4 is 4.74 Å². The van der Waals surface area contributed by atoms with Gasteiger partial charge in [-0.15, -0.1) is 0 Å². The molecule has 4 rings (SSSR count). The van der Waals surface area contributed by atoms with Crippen molar-refractivity contribution in [2.45, 2.75) is 30.7 Å². The number of aliphatic hydroxyl groups excluding tert-OH is 4. The number of carbonyl (C=O) groups excluding carboxylic acids is 2. The first kappa shape index (κ1) is 19.5. The average Bonchev–Trinajstić information content (AvgIpc) is 2.72. The number of fused-ring (bicyclic) bond motifs is 2. The van der Waals surface area contributed by atoms with Gasteiger partial charge in [-0.2, -0.15) is 0 Å². The fourth-order valence-electron chi connectivity index (χ4n) is 3.59. The maximum absolute atomic E-state index is 12.8. The van der Waals surface area contributed by atoms with E-state index in [2.05, 4.69) is 0 Å². The summed E-state index contributed by atoms with van der Waals surface area (Å²) in [7, 11) is 0. The molecule has 0 spiro atoms. The van der Waals surface area contributed by atoms with Crippen molar-refractivity contribution in [2.24, 2.45) is 0 Å². The molecule has 2 aromatic rings. The highest BCUT2D eigenvalue weighted by molar-refractivity contribution is 6.29. The lowest BCUT2D eigenvalue weighted by Gasteiger charge is -2.39. The second-order valence-electron chi connectivity index (χ2n) is 6.85. The van der Waals surface area contributed by atoms with Crippen molar-refractivity contribution >= 4 is 11.6 Å². The number of hydrogen-bond donors (Lipinski definition) is 5. The van der Waals surface area contributed by atoms with Gasteiger partial charge in [-0.1, -0.05) is 24.3 Å². The summed E-state index contributed by atoms with van der Waals surface area (Å²) in [6, 6.07) is 8.73. The first-order valence-corrected chi connectivity index (χ1v) is 8.86. The van der Waals surface area contributed by atoms with Crippen molar-refractivity contribution in [1.29, 1.82) is 0 Å². The van der Waals surface area contributed by atoms with Gasteiger partial charge in [0.2, 0.25) is 0 Å². The molecule has 5 N–H and O–H groups in total. The van der Waals surface area contributed by atoms with Gasteiger partial charge in [-0.05, 0) is 12.1 Å². The summed E-state index contributed by atoms with van der Waals surface area (Å²) < 4.78 is 10.4. The SMILES string of the molecule is O=C1c2ccccc2C(=O)c2c1ccc(O[C@@H]1[C@@H](O)[C@H](O)[C@@H](CO)O[C@H]1O)c2O. The third kappa shape index (κ3) is 3.00. The van der Waals surface area contributed by atoms with Crippen LogP contribution in [0.25, 0.3) is 0 Å². The van der Waals surface area contributed by atoms with E-state index < -0.39 is 54.6 Å². The standard InChI is InChI=1S/C20H18O9/c21-7-12-17(25)18(26)19(20(27)29-12)28-11-6-5-10-13(16(11)24)15(23)9-4-2-1-3-8(9)14(10)22/h1-6,12,17-21,24-27H,7H2/t12-,17-,18+,19-,20-/m1/s1. The highest BCUT2D eigenvalue weighted by Crippen LogP contribution is 2.39. The average molecular weight is 402 g/mol. The monoisotopic (exact) mass is 402 g/mol. The van der Waals surface area contributed by atoms with Crippen molar-refractivity contribution < 1.29 is 44.6 Å². The van der Waals surface area contributed by atoms with Crippen LogP contribution in [0.15, 0.2) is 36.4 Å². The topological polar surface area (TPSA) is 154 Å². The predicted octanol–water partition coefficient (Wildman–Crippen LogP) is -0.654. The fourth-order valence-corrected chi connectivity index (χ4v) is 3.59. The lowest BCUT2D eigenvalue weighted by Crippen LogP contribution is -2.60. The number of ether oxygens (including phenoxy) is 2. The summed E-state index contributed by atoms with van der Waals surface area (Å²) in [4.78, 5) is 25.5. The number of phenols is 1. The van der Waals surface area contributed by atoms with Crippen LogP contribution in [0.1, 0.15) is 31.8 Å². The Labute approximate surface area is 164 Å². The summed E-state index contributed by atoms with van der Waals surface area (Å²) in [5, 5.41) is 49.9. The van der Waals surface area contributed by atoms with Gasteiger partial charge in [-0.25, -0.2) is 0 Å². The molecule has 2 aliphatic rings. The van der Waals surface area contributed by atoms with Gasteiger partial charge in [0.25, 0.3) is 0 Å². The van der Waals surface area contributed by atoms with E-state index >= 15 is 0 Å². The minimum absolute atomic E-state index is 0.0000737. The van der Waals surface area contributed by atoms with E-state index in [4.69, 9.17) is 14.6 Å². The normalized spacial score (nSPS) is 28.6. The van der Waals surface area contributed by atoms with Gasteiger partial charge < -0.3 is 35.0 Å². The predicted molar refractivity (Wildman–Crippen MR) is 95.8 cm³/mol. The lowest BCUT2D eigenvalue weighted by molar-refractivity contribution is -0.280. The fraction of sp³-hybridized carbons (Fsp3) is 0.300. The number of hydrogen-bond acceptors (Lipinski definition) is 9. The highest BCUT2D eigenvalue weighted by Gasteiger charge is 2.45. The minimum atomic E-state index is -1.72. The van der Waals surface area contributed by atoms with Gasteiger partial charge in [0.05, 0.1) is 12.2 Å². The number of phenolic OH excluding ortho intramolecular Hbond substituents is 1. The Kier molecular flexibility index (Phi) is 4.85. The van der Waals surface area contributed by atoms with Crippen LogP contribution in [0.2, 0.25) is 0 Å². The molecule has 9 heteroatoms. The third-order valence-corrected chi connectivity index (χ3v) is 5.13. The number of benzene rings is 2. The van der Waals surface area contributed by atoms with Crippen LogP contribution in [0.5, 0.6) is 11.5 Å². The molecule has 1 saturated heterocycles. The van der Waals surface area contributed by atoms with Crippen molar-refractivity contribution in [3.8, 4) is 11.5 Å². The molecule has 2 aromatic carbocycles. The van der Waals surface area contributed by atoms with E-state index in [-0.39, 0.29) is 28.0 Å². The molecule has 152 valence electrons. The second kappa shape index (κ2) is 7.21. The van der Waals surface area contributed by atoms with Gasteiger partial charge in [0, 0.05) is 16.7 Å². The molecular weight excluding hydrogens is 384 g/mol. The first-order chi connectivity index (χ1) is 13.8. The molecule has 1 heterocycles. The molecule has 0 radical (unpaired) electrons. The Morgan fingerprint density at radius 2 is 1.55 bits per heavy atom.